The minimum absolute atomic E-state index is 0.00306. The van der Waals surface area contributed by atoms with Gasteiger partial charge < -0.3 is 30.0 Å². The van der Waals surface area contributed by atoms with Crippen molar-refractivity contribution >= 4 is 24.0 Å². The lowest BCUT2D eigenvalue weighted by Gasteiger charge is -2.31. The smallest absolute Gasteiger partial charge is 0.258 e. The maximum absolute atomic E-state index is 13.6. The van der Waals surface area contributed by atoms with Crippen molar-refractivity contribution < 1.29 is 19.8 Å². The highest BCUT2D eigenvalue weighted by Crippen LogP contribution is 2.51. The second kappa shape index (κ2) is 20.2. The monoisotopic (exact) mass is 895 g/mol. The molecule has 2 saturated carbocycles. The number of nitrogens with one attached hydrogen (secondary N) is 2. The summed E-state index contributed by atoms with van der Waals surface area (Å²) in [5.74, 6) is -0.358. The maximum Gasteiger partial charge on any atom is 0.258 e. The van der Waals surface area contributed by atoms with E-state index in [1.54, 1.807) is 0 Å². The summed E-state index contributed by atoms with van der Waals surface area (Å²) in [4.78, 5) is 57.9. The lowest BCUT2D eigenvalue weighted by atomic mass is 9.88. The van der Waals surface area contributed by atoms with E-state index in [1.807, 2.05) is 108 Å². The molecule has 2 amide bonds. The number of fused-ring (bicyclic) bond motifs is 6. The molecule has 12 heteroatoms. The summed E-state index contributed by atoms with van der Waals surface area (Å²) in [5, 5.41) is 27.5. The van der Waals surface area contributed by atoms with Gasteiger partial charge in [-0.15, -0.1) is 0 Å². The molecule has 66 heavy (non-hydrogen) atoms. The van der Waals surface area contributed by atoms with Crippen LogP contribution in [0.25, 0.3) is 12.2 Å². The van der Waals surface area contributed by atoms with Gasteiger partial charge in [0.2, 0.25) is 11.8 Å². The number of benzene rings is 2. The molecule has 6 aliphatic rings. The standard InChI is InChI=1S/2C27H33N3O3/c2*1-2-8-19-13-14-23-24-21(16-29(23)27(19)33)22(17-31)25(26(32)28-20-11-6-7-12-20)30(24)15-18-9-4-3-5-10-18/h2*2-5,8-10,13-14,20-22,24-25,31H,6-7,11-12,15-17H2,1H3,(H,28,32)/b8-2+;8-2-/t2*21-,22-,24+,25-/m11/s1. The van der Waals surface area contributed by atoms with Gasteiger partial charge in [0.15, 0.2) is 0 Å². The molecular weight excluding hydrogens is 829 g/mol. The number of nitrogens with zero attached hydrogens (tertiary/aromatic N) is 4. The number of hydrogen-bond acceptors (Lipinski definition) is 8. The minimum atomic E-state index is -0.412. The highest BCUT2D eigenvalue weighted by atomic mass is 16.3. The topological polar surface area (TPSA) is 149 Å². The Hall–Kier alpha value is -5.40. The zero-order valence-electron chi connectivity index (χ0n) is 38.4. The van der Waals surface area contributed by atoms with E-state index < -0.39 is 12.1 Å². The SMILES string of the molecule is C/C=C/c1ccc2n(c1=O)C[C@@H]1[C@@H](CO)[C@H](C(=O)NC3CCCC3)N(Cc3ccccc3)[C@H]21.C/C=C\c1ccc2n(c1=O)C[C@@H]1[C@@H](CO)[C@H](C(=O)NC3CCCC3)N(Cc3ccccc3)[C@H]21. The van der Waals surface area contributed by atoms with Crippen LogP contribution in [0.1, 0.15) is 111 Å². The fourth-order valence-electron chi connectivity index (χ4n) is 12.5. The molecule has 8 atom stereocenters. The molecule has 0 radical (unpaired) electrons. The number of aliphatic hydroxyl groups excluding tert-OH is 2. The van der Waals surface area contributed by atoms with Crippen LogP contribution >= 0.6 is 0 Å². The fraction of sp³-hybridized carbons (Fsp3) is 0.481. The van der Waals surface area contributed by atoms with Gasteiger partial charge in [-0.05, 0) is 74.9 Å². The number of carbonyl (C=O) groups is 2. The number of hydrogen-bond donors (Lipinski definition) is 4. The van der Waals surface area contributed by atoms with Crippen LogP contribution < -0.4 is 21.8 Å². The van der Waals surface area contributed by atoms with Gasteiger partial charge in [-0.3, -0.25) is 29.0 Å². The van der Waals surface area contributed by atoms with Crippen LogP contribution in [0.2, 0.25) is 0 Å². The summed E-state index contributed by atoms with van der Waals surface area (Å²) in [6.45, 7) is 5.95. The van der Waals surface area contributed by atoms with E-state index in [-0.39, 0.29) is 84.0 Å². The molecule has 0 unspecified atom stereocenters. The number of aliphatic hydroxyl groups is 2. The third-order valence-electron chi connectivity index (χ3n) is 15.5. The lowest BCUT2D eigenvalue weighted by Crippen LogP contribution is -2.50. The lowest BCUT2D eigenvalue weighted by molar-refractivity contribution is -0.129. The minimum Gasteiger partial charge on any atom is -0.396 e. The molecule has 4 aromatic rings. The summed E-state index contributed by atoms with van der Waals surface area (Å²) in [6.07, 6.45) is 16.2. The second-order valence-corrected chi connectivity index (χ2v) is 19.4. The Morgan fingerprint density at radius 1 is 0.576 bits per heavy atom. The van der Waals surface area contributed by atoms with Crippen molar-refractivity contribution in [2.75, 3.05) is 13.2 Å². The molecule has 4 aliphatic heterocycles. The zero-order valence-corrected chi connectivity index (χ0v) is 38.4. The Labute approximate surface area is 388 Å². The van der Waals surface area contributed by atoms with E-state index in [2.05, 4.69) is 44.7 Å². The van der Waals surface area contributed by atoms with Gasteiger partial charge in [0.1, 0.15) is 0 Å². The Morgan fingerprint density at radius 3 is 1.30 bits per heavy atom. The van der Waals surface area contributed by atoms with Crippen molar-refractivity contribution in [1.29, 1.82) is 0 Å². The third-order valence-corrected chi connectivity index (χ3v) is 15.5. The van der Waals surface area contributed by atoms with E-state index >= 15 is 0 Å². The highest BCUT2D eigenvalue weighted by Gasteiger charge is 2.57. The Balaban J connectivity index is 0.000000166. The summed E-state index contributed by atoms with van der Waals surface area (Å²) in [6, 6.07) is 27.6. The third kappa shape index (κ3) is 8.80. The molecule has 4 fully saturated rings. The molecular formula is C54H66N6O6. The number of allylic oxidation sites excluding steroid dienone is 2. The number of aromatic nitrogens is 2. The normalized spacial score (nSPS) is 27.2. The van der Waals surface area contributed by atoms with Crippen LogP contribution in [-0.2, 0) is 35.8 Å². The van der Waals surface area contributed by atoms with Crippen LogP contribution in [-0.4, -0.2) is 78.3 Å². The molecule has 0 spiro atoms. The molecule has 0 bridgehead atoms. The second-order valence-electron chi connectivity index (χ2n) is 19.4. The summed E-state index contributed by atoms with van der Waals surface area (Å²) >= 11 is 0. The highest BCUT2D eigenvalue weighted by molar-refractivity contribution is 5.84. The maximum atomic E-state index is 13.6. The van der Waals surface area contributed by atoms with E-state index in [1.165, 1.54) is 0 Å². The van der Waals surface area contributed by atoms with Crippen LogP contribution in [0.5, 0.6) is 0 Å². The summed E-state index contributed by atoms with van der Waals surface area (Å²) < 4.78 is 3.72. The van der Waals surface area contributed by atoms with Crippen molar-refractivity contribution in [3.63, 3.8) is 0 Å². The quantitative estimate of drug-likeness (QED) is 0.131. The number of likely N-dealkylation sites (tertiary alicyclic amines) is 2. The van der Waals surface area contributed by atoms with Crippen molar-refractivity contribution in [2.45, 2.75) is 128 Å². The zero-order chi connectivity index (χ0) is 45.9. The number of amides is 2. The van der Waals surface area contributed by atoms with Crippen LogP contribution in [0.3, 0.4) is 0 Å². The van der Waals surface area contributed by atoms with Gasteiger partial charge in [0.05, 0.1) is 24.2 Å². The van der Waals surface area contributed by atoms with E-state index in [9.17, 15) is 29.4 Å². The van der Waals surface area contributed by atoms with Gasteiger partial charge >= 0.3 is 0 Å². The van der Waals surface area contributed by atoms with Crippen molar-refractivity contribution in [3.05, 3.63) is 151 Å². The molecule has 2 saturated heterocycles. The van der Waals surface area contributed by atoms with E-state index in [0.717, 1.165) is 73.9 Å². The number of carbonyl (C=O) groups excluding carboxylic acids is 2. The Morgan fingerprint density at radius 2 is 0.955 bits per heavy atom. The number of rotatable bonds is 12. The first kappa shape index (κ1) is 45.7. The van der Waals surface area contributed by atoms with Crippen LogP contribution in [0.4, 0.5) is 0 Å². The average molecular weight is 895 g/mol. The van der Waals surface area contributed by atoms with Crippen molar-refractivity contribution in [3.8, 4) is 0 Å². The fourth-order valence-corrected chi connectivity index (χ4v) is 12.5. The van der Waals surface area contributed by atoms with Crippen molar-refractivity contribution in [2.24, 2.45) is 23.7 Å². The summed E-state index contributed by atoms with van der Waals surface area (Å²) in [5.41, 5.74) is 5.50. The predicted octanol–water partition coefficient (Wildman–Crippen LogP) is 6.21. The predicted molar refractivity (Wildman–Crippen MR) is 257 cm³/mol. The first-order chi connectivity index (χ1) is 32.2. The molecule has 348 valence electrons. The largest absolute Gasteiger partial charge is 0.396 e. The summed E-state index contributed by atoms with van der Waals surface area (Å²) in [7, 11) is 0. The van der Waals surface area contributed by atoms with E-state index in [4.69, 9.17) is 0 Å². The number of pyridine rings is 2. The van der Waals surface area contributed by atoms with Gasteiger partial charge in [-0.1, -0.05) is 111 Å². The average Bonchev–Trinajstić information content (AvgIpc) is 4.20. The Kier molecular flexibility index (Phi) is 14.0. The molecule has 2 aromatic carbocycles. The molecule has 4 N–H and O–H groups in total. The molecule has 2 aliphatic carbocycles. The van der Waals surface area contributed by atoms with Gasteiger partial charge in [-0.25, -0.2) is 0 Å². The van der Waals surface area contributed by atoms with Gasteiger partial charge in [0.25, 0.3) is 11.1 Å². The van der Waals surface area contributed by atoms with Crippen molar-refractivity contribution in [1.82, 2.24) is 29.6 Å². The molecule has 12 nitrogen and oxygen atoms in total. The van der Waals surface area contributed by atoms with Gasteiger partial charge in [-0.2, -0.15) is 0 Å². The van der Waals surface area contributed by atoms with Crippen LogP contribution in [0.15, 0.2) is 107 Å². The Bertz CT molecular complexity index is 2350. The molecule has 2 aromatic heterocycles. The van der Waals surface area contributed by atoms with E-state index in [0.29, 0.717) is 37.3 Å². The molecule has 6 heterocycles. The first-order valence-electron chi connectivity index (χ1n) is 24.4. The van der Waals surface area contributed by atoms with Gasteiger partial charge in [0, 0.05) is 97.7 Å². The molecule has 10 rings (SSSR count). The van der Waals surface area contributed by atoms with Crippen LogP contribution in [0, 0.1) is 23.7 Å². The first-order valence-corrected chi connectivity index (χ1v) is 24.4.